The van der Waals surface area contributed by atoms with Gasteiger partial charge in [0.05, 0.1) is 6.04 Å². The summed E-state index contributed by atoms with van der Waals surface area (Å²) in [6.45, 7) is 9.19. The molecule has 0 spiro atoms. The highest BCUT2D eigenvalue weighted by atomic mass is 32.2. The van der Waals surface area contributed by atoms with Crippen molar-refractivity contribution in [3.8, 4) is 0 Å². The minimum atomic E-state index is -0.752. The largest absolute Gasteiger partial charge is 0.345 e. The number of carbonyl (C=O) groups excluding carboxylic acids is 4. The van der Waals surface area contributed by atoms with Gasteiger partial charge >= 0.3 is 0 Å². The molecule has 0 aliphatic heterocycles. The highest BCUT2D eigenvalue weighted by molar-refractivity contribution is 7.98. The molecular formula is C19H35N3O4S. The van der Waals surface area contributed by atoms with Crippen molar-refractivity contribution in [3.63, 3.8) is 0 Å². The van der Waals surface area contributed by atoms with Gasteiger partial charge in [0.25, 0.3) is 0 Å². The fourth-order valence-electron chi connectivity index (χ4n) is 2.63. The summed E-state index contributed by atoms with van der Waals surface area (Å²) in [6.07, 6.45) is 4.12. The third kappa shape index (κ3) is 11.7. The molecule has 156 valence electrons. The normalized spacial score (nSPS) is 14.4. The van der Waals surface area contributed by atoms with Crippen molar-refractivity contribution in [1.82, 2.24) is 16.0 Å². The van der Waals surface area contributed by atoms with Gasteiger partial charge in [0, 0.05) is 6.92 Å². The molecule has 27 heavy (non-hydrogen) atoms. The zero-order valence-corrected chi connectivity index (χ0v) is 18.2. The molecule has 0 bridgehead atoms. The summed E-state index contributed by atoms with van der Waals surface area (Å²) in [6, 6.07) is -2.01. The Balaban J connectivity index is 5.14. The second kappa shape index (κ2) is 13.6. The highest BCUT2D eigenvalue weighted by Gasteiger charge is 2.28. The van der Waals surface area contributed by atoms with Gasteiger partial charge in [-0.2, -0.15) is 11.8 Å². The topological polar surface area (TPSA) is 104 Å². The Morgan fingerprint density at radius 3 is 1.78 bits per heavy atom. The molecule has 0 rings (SSSR count). The summed E-state index contributed by atoms with van der Waals surface area (Å²) < 4.78 is 0. The molecule has 3 amide bonds. The first kappa shape index (κ1) is 25.4. The lowest BCUT2D eigenvalue weighted by atomic mass is 10.00. The van der Waals surface area contributed by atoms with Gasteiger partial charge in [-0.25, -0.2) is 0 Å². The van der Waals surface area contributed by atoms with Crippen LogP contribution in [0.1, 0.15) is 53.9 Å². The van der Waals surface area contributed by atoms with Crippen LogP contribution < -0.4 is 16.0 Å². The van der Waals surface area contributed by atoms with Crippen LogP contribution in [0.2, 0.25) is 0 Å². The van der Waals surface area contributed by atoms with E-state index in [9.17, 15) is 19.2 Å². The number of hydrogen-bond acceptors (Lipinski definition) is 5. The smallest absolute Gasteiger partial charge is 0.243 e. The number of thioether (sulfide) groups is 1. The van der Waals surface area contributed by atoms with E-state index in [4.69, 9.17) is 0 Å². The van der Waals surface area contributed by atoms with E-state index in [1.165, 1.54) is 6.92 Å². The highest BCUT2D eigenvalue weighted by Crippen LogP contribution is 2.09. The zero-order valence-electron chi connectivity index (χ0n) is 17.3. The lowest BCUT2D eigenvalue weighted by Crippen LogP contribution is -2.55. The molecule has 0 aromatic rings. The maximum Gasteiger partial charge on any atom is 0.243 e. The average Bonchev–Trinajstić information content (AvgIpc) is 2.55. The third-order valence-electron chi connectivity index (χ3n) is 3.87. The Kier molecular flexibility index (Phi) is 12.8. The molecule has 7 nitrogen and oxygen atoms in total. The number of carbonyl (C=O) groups is 4. The fraction of sp³-hybridized carbons (Fsp3) is 0.789. The van der Waals surface area contributed by atoms with Gasteiger partial charge in [-0.3, -0.25) is 14.4 Å². The van der Waals surface area contributed by atoms with Gasteiger partial charge in [0.2, 0.25) is 17.7 Å². The summed E-state index contributed by atoms with van der Waals surface area (Å²) in [5, 5.41) is 8.11. The quantitative estimate of drug-likeness (QED) is 0.406. The van der Waals surface area contributed by atoms with E-state index >= 15 is 0 Å². The molecule has 3 atom stereocenters. The third-order valence-corrected chi connectivity index (χ3v) is 4.51. The van der Waals surface area contributed by atoms with E-state index < -0.39 is 18.1 Å². The fourth-order valence-corrected chi connectivity index (χ4v) is 3.12. The van der Waals surface area contributed by atoms with Crippen molar-refractivity contribution < 1.29 is 19.2 Å². The molecule has 0 fully saturated rings. The number of hydrogen-bond donors (Lipinski definition) is 3. The average molecular weight is 402 g/mol. The second-order valence-corrected chi connectivity index (χ2v) is 8.59. The standard InChI is InChI=1S/C19H35N3O4S/c1-12(2)9-16(20-14(5)24)19(26)22-17(10-13(3)4)18(25)21-15(11-23)7-8-27-6/h11-13,15-17H,7-10H2,1-6H3,(H,20,24)(H,21,25)(H,22,26)/t15?,16-,17?/m0/s1. The molecular weight excluding hydrogens is 366 g/mol. The van der Waals surface area contributed by atoms with Gasteiger partial charge in [-0.05, 0) is 43.1 Å². The van der Waals surface area contributed by atoms with E-state index in [1.807, 2.05) is 34.0 Å². The first-order valence-electron chi connectivity index (χ1n) is 9.42. The predicted molar refractivity (Wildman–Crippen MR) is 109 cm³/mol. The Hall–Kier alpha value is -1.57. The van der Waals surface area contributed by atoms with Crippen LogP contribution in [0, 0.1) is 11.8 Å². The Labute approximate surface area is 167 Å². The van der Waals surface area contributed by atoms with Gasteiger partial charge in [0.15, 0.2) is 0 Å². The summed E-state index contributed by atoms with van der Waals surface area (Å²) in [5.74, 6) is 0.0814. The Bertz CT molecular complexity index is 497. The van der Waals surface area contributed by atoms with E-state index in [-0.39, 0.29) is 29.6 Å². The van der Waals surface area contributed by atoms with Crippen molar-refractivity contribution in [2.75, 3.05) is 12.0 Å². The molecule has 0 radical (unpaired) electrons. The molecule has 2 unspecified atom stereocenters. The molecule has 8 heteroatoms. The van der Waals surface area contributed by atoms with Crippen LogP contribution in [0.15, 0.2) is 0 Å². The van der Waals surface area contributed by atoms with Crippen molar-refractivity contribution >= 4 is 35.8 Å². The van der Waals surface area contributed by atoms with E-state index in [0.29, 0.717) is 19.3 Å². The molecule has 0 heterocycles. The molecule has 0 aromatic heterocycles. The maximum atomic E-state index is 12.7. The van der Waals surface area contributed by atoms with Gasteiger partial charge < -0.3 is 20.7 Å². The summed E-state index contributed by atoms with van der Waals surface area (Å²) in [7, 11) is 0. The molecule has 0 aromatic carbocycles. The molecule has 0 saturated heterocycles. The maximum absolute atomic E-state index is 12.7. The van der Waals surface area contributed by atoms with Crippen LogP contribution in [0.3, 0.4) is 0 Å². The van der Waals surface area contributed by atoms with Crippen molar-refractivity contribution in [1.29, 1.82) is 0 Å². The van der Waals surface area contributed by atoms with Gasteiger partial charge in [-0.15, -0.1) is 0 Å². The van der Waals surface area contributed by atoms with Gasteiger partial charge in [-0.1, -0.05) is 27.7 Å². The van der Waals surface area contributed by atoms with Crippen LogP contribution in [-0.2, 0) is 19.2 Å². The number of rotatable bonds is 13. The molecule has 0 aliphatic carbocycles. The number of amides is 3. The first-order valence-corrected chi connectivity index (χ1v) is 10.8. The van der Waals surface area contributed by atoms with Gasteiger partial charge in [0.1, 0.15) is 18.4 Å². The SMILES string of the molecule is CSCCC(C=O)NC(=O)C(CC(C)C)NC(=O)[C@H](CC(C)C)NC(C)=O. The van der Waals surface area contributed by atoms with Crippen molar-refractivity contribution in [3.05, 3.63) is 0 Å². The minimum Gasteiger partial charge on any atom is -0.345 e. The van der Waals surface area contributed by atoms with Crippen LogP contribution in [0.25, 0.3) is 0 Å². The Morgan fingerprint density at radius 2 is 1.37 bits per heavy atom. The van der Waals surface area contributed by atoms with Crippen LogP contribution in [0.5, 0.6) is 0 Å². The minimum absolute atomic E-state index is 0.172. The lowest BCUT2D eigenvalue weighted by molar-refractivity contribution is -0.133. The number of aldehydes is 1. The molecule has 0 saturated carbocycles. The summed E-state index contributed by atoms with van der Waals surface area (Å²) in [4.78, 5) is 47.9. The lowest BCUT2D eigenvalue weighted by Gasteiger charge is -2.25. The van der Waals surface area contributed by atoms with Crippen LogP contribution in [-0.4, -0.2) is 54.1 Å². The van der Waals surface area contributed by atoms with E-state index in [2.05, 4.69) is 16.0 Å². The van der Waals surface area contributed by atoms with E-state index in [0.717, 1.165) is 12.0 Å². The second-order valence-electron chi connectivity index (χ2n) is 7.61. The van der Waals surface area contributed by atoms with Crippen LogP contribution in [0.4, 0.5) is 0 Å². The van der Waals surface area contributed by atoms with Crippen LogP contribution >= 0.6 is 11.8 Å². The summed E-state index contributed by atoms with van der Waals surface area (Å²) in [5.41, 5.74) is 0. The van der Waals surface area contributed by atoms with Crippen molar-refractivity contribution in [2.45, 2.75) is 72.0 Å². The number of nitrogens with one attached hydrogen (secondary N) is 3. The molecule has 3 N–H and O–H groups in total. The van der Waals surface area contributed by atoms with Crippen molar-refractivity contribution in [2.24, 2.45) is 11.8 Å². The summed E-state index contributed by atoms with van der Waals surface area (Å²) >= 11 is 1.60. The Morgan fingerprint density at radius 1 is 0.889 bits per heavy atom. The van der Waals surface area contributed by atoms with E-state index in [1.54, 1.807) is 11.8 Å². The monoisotopic (exact) mass is 401 g/mol. The first-order chi connectivity index (χ1) is 12.6. The zero-order chi connectivity index (χ0) is 21.0. The predicted octanol–water partition coefficient (Wildman–Crippen LogP) is 1.50. The molecule has 0 aliphatic rings.